The summed E-state index contributed by atoms with van der Waals surface area (Å²) >= 11 is 0. The predicted octanol–water partition coefficient (Wildman–Crippen LogP) is 1.74. The second-order valence-corrected chi connectivity index (χ2v) is 4.48. The molecule has 0 bridgehead atoms. The zero-order valence-corrected chi connectivity index (χ0v) is 9.32. The van der Waals surface area contributed by atoms with Crippen LogP contribution in [-0.2, 0) is 4.74 Å². The summed E-state index contributed by atoms with van der Waals surface area (Å²) < 4.78 is 11.2. The lowest BCUT2D eigenvalue weighted by Crippen LogP contribution is -2.26. The topological polar surface area (TPSA) is 60.2 Å². The molecular weight excluding hydrogens is 206 g/mol. The van der Waals surface area contributed by atoms with Gasteiger partial charge in [-0.2, -0.15) is 0 Å². The van der Waals surface area contributed by atoms with Crippen molar-refractivity contribution in [1.82, 2.24) is 15.5 Å². The van der Waals surface area contributed by atoms with Crippen molar-refractivity contribution >= 4 is 0 Å². The van der Waals surface area contributed by atoms with E-state index < -0.39 is 0 Å². The molecule has 3 rings (SSSR count). The average molecular weight is 223 g/mol. The second kappa shape index (κ2) is 4.51. The third-order valence-electron chi connectivity index (χ3n) is 3.27. The maximum Gasteiger partial charge on any atom is 0.245 e. The van der Waals surface area contributed by atoms with Gasteiger partial charge in [-0.3, -0.25) is 0 Å². The smallest absolute Gasteiger partial charge is 0.245 e. The lowest BCUT2D eigenvalue weighted by atomic mass is 10.1. The van der Waals surface area contributed by atoms with E-state index in [-0.39, 0.29) is 12.1 Å². The Morgan fingerprint density at radius 1 is 1.06 bits per heavy atom. The molecule has 5 nitrogen and oxygen atoms in total. The Morgan fingerprint density at radius 3 is 2.75 bits per heavy atom. The highest BCUT2D eigenvalue weighted by atomic mass is 16.5. The van der Waals surface area contributed by atoms with Crippen LogP contribution in [0.1, 0.15) is 56.0 Å². The SMILES string of the molecule is C1CC[C@@H](c2nnc([C@@H]3CCCO3)o2)NC1. The number of aromatic nitrogens is 2. The normalized spacial score (nSPS) is 30.8. The third-order valence-corrected chi connectivity index (χ3v) is 3.27. The van der Waals surface area contributed by atoms with E-state index in [1.807, 2.05) is 0 Å². The zero-order chi connectivity index (χ0) is 10.8. The molecule has 0 saturated carbocycles. The molecule has 3 heterocycles. The number of hydrogen-bond acceptors (Lipinski definition) is 5. The summed E-state index contributed by atoms with van der Waals surface area (Å²) in [6, 6.07) is 0.247. The Labute approximate surface area is 94.6 Å². The molecule has 0 unspecified atom stereocenters. The molecule has 16 heavy (non-hydrogen) atoms. The van der Waals surface area contributed by atoms with E-state index in [1.165, 1.54) is 12.8 Å². The molecule has 0 amide bonds. The first-order chi connectivity index (χ1) is 7.93. The summed E-state index contributed by atoms with van der Waals surface area (Å²) in [6.07, 6.45) is 5.68. The Kier molecular flexibility index (Phi) is 2.88. The molecule has 88 valence electrons. The van der Waals surface area contributed by atoms with Crippen molar-refractivity contribution in [2.24, 2.45) is 0 Å². The maximum atomic E-state index is 5.70. The van der Waals surface area contributed by atoms with E-state index >= 15 is 0 Å². The monoisotopic (exact) mass is 223 g/mol. The zero-order valence-electron chi connectivity index (χ0n) is 9.32. The van der Waals surface area contributed by atoms with Crippen molar-refractivity contribution < 1.29 is 9.15 Å². The van der Waals surface area contributed by atoms with Crippen molar-refractivity contribution in [3.8, 4) is 0 Å². The summed E-state index contributed by atoms with van der Waals surface area (Å²) in [5.41, 5.74) is 0. The van der Waals surface area contributed by atoms with Crippen molar-refractivity contribution in [2.75, 3.05) is 13.2 Å². The second-order valence-electron chi connectivity index (χ2n) is 4.48. The van der Waals surface area contributed by atoms with Crippen LogP contribution in [0.2, 0.25) is 0 Å². The van der Waals surface area contributed by atoms with Gasteiger partial charge < -0.3 is 14.5 Å². The first kappa shape index (κ1) is 10.2. The minimum atomic E-state index is 0.0323. The number of piperidine rings is 1. The van der Waals surface area contributed by atoms with E-state index in [1.54, 1.807) is 0 Å². The molecule has 5 heteroatoms. The summed E-state index contributed by atoms with van der Waals surface area (Å²) in [7, 11) is 0. The fourth-order valence-corrected chi connectivity index (χ4v) is 2.35. The molecule has 2 aliphatic heterocycles. The van der Waals surface area contributed by atoms with Gasteiger partial charge in [-0.15, -0.1) is 10.2 Å². The highest BCUT2D eigenvalue weighted by molar-refractivity contribution is 4.94. The van der Waals surface area contributed by atoms with E-state index in [0.717, 1.165) is 38.3 Å². The average Bonchev–Trinajstić information content (AvgIpc) is 3.01. The van der Waals surface area contributed by atoms with Crippen LogP contribution in [-0.4, -0.2) is 23.3 Å². The maximum absolute atomic E-state index is 5.70. The molecule has 2 atom stereocenters. The highest BCUT2D eigenvalue weighted by Gasteiger charge is 2.26. The van der Waals surface area contributed by atoms with Gasteiger partial charge in [0, 0.05) is 6.61 Å². The first-order valence-corrected chi connectivity index (χ1v) is 6.12. The molecule has 0 aliphatic carbocycles. The Morgan fingerprint density at radius 2 is 2.00 bits per heavy atom. The summed E-state index contributed by atoms with van der Waals surface area (Å²) in [5.74, 6) is 1.38. The Hall–Kier alpha value is -0.940. The van der Waals surface area contributed by atoms with E-state index in [2.05, 4.69) is 15.5 Å². The summed E-state index contributed by atoms with van der Waals surface area (Å²) in [4.78, 5) is 0. The third kappa shape index (κ3) is 1.97. The molecule has 0 radical (unpaired) electrons. The fourth-order valence-electron chi connectivity index (χ4n) is 2.35. The number of nitrogens with one attached hydrogen (secondary N) is 1. The Balaban J connectivity index is 1.71. The van der Waals surface area contributed by atoms with Gasteiger partial charge in [0.15, 0.2) is 0 Å². The number of nitrogens with zero attached hydrogens (tertiary/aromatic N) is 2. The van der Waals surface area contributed by atoms with Crippen LogP contribution in [0.25, 0.3) is 0 Å². The van der Waals surface area contributed by atoms with E-state index in [0.29, 0.717) is 5.89 Å². The minimum Gasteiger partial charge on any atom is -0.421 e. The number of ether oxygens (including phenoxy) is 1. The van der Waals surface area contributed by atoms with Crippen LogP contribution < -0.4 is 5.32 Å². The molecule has 1 aromatic heterocycles. The van der Waals surface area contributed by atoms with Gasteiger partial charge in [0.2, 0.25) is 11.8 Å². The predicted molar refractivity (Wildman–Crippen MR) is 56.8 cm³/mol. The van der Waals surface area contributed by atoms with Crippen LogP contribution in [0.5, 0.6) is 0 Å². The standard InChI is InChI=1S/C11H17N3O2/c1-2-6-12-8(4-1)10-13-14-11(16-10)9-5-3-7-15-9/h8-9,12H,1-7H2/t8-,9-/m0/s1. The molecule has 2 saturated heterocycles. The number of hydrogen-bond donors (Lipinski definition) is 1. The van der Waals surface area contributed by atoms with Gasteiger partial charge in [-0.05, 0) is 32.2 Å². The van der Waals surface area contributed by atoms with Gasteiger partial charge in [0.1, 0.15) is 6.10 Å². The highest BCUT2D eigenvalue weighted by Crippen LogP contribution is 2.29. The molecule has 0 spiro atoms. The fraction of sp³-hybridized carbons (Fsp3) is 0.818. The largest absolute Gasteiger partial charge is 0.421 e. The van der Waals surface area contributed by atoms with E-state index in [9.17, 15) is 0 Å². The summed E-state index contributed by atoms with van der Waals surface area (Å²) in [5, 5.41) is 11.6. The molecule has 0 aromatic carbocycles. The molecule has 1 N–H and O–H groups in total. The first-order valence-electron chi connectivity index (χ1n) is 6.12. The Bertz CT molecular complexity index is 341. The molecule has 1 aromatic rings. The molecule has 2 aliphatic rings. The van der Waals surface area contributed by atoms with Crippen molar-refractivity contribution in [3.05, 3.63) is 11.8 Å². The van der Waals surface area contributed by atoms with Gasteiger partial charge in [-0.1, -0.05) is 6.42 Å². The van der Waals surface area contributed by atoms with E-state index in [4.69, 9.17) is 9.15 Å². The van der Waals surface area contributed by atoms with Gasteiger partial charge in [0.25, 0.3) is 0 Å². The lowest BCUT2D eigenvalue weighted by Gasteiger charge is -2.19. The molecular formula is C11H17N3O2. The van der Waals surface area contributed by atoms with Crippen LogP contribution in [0, 0.1) is 0 Å². The quantitative estimate of drug-likeness (QED) is 0.827. The lowest BCUT2D eigenvalue weighted by molar-refractivity contribution is 0.0871. The van der Waals surface area contributed by atoms with Crippen molar-refractivity contribution in [2.45, 2.75) is 44.2 Å². The van der Waals surface area contributed by atoms with Gasteiger partial charge in [0.05, 0.1) is 6.04 Å². The van der Waals surface area contributed by atoms with Crippen molar-refractivity contribution in [3.63, 3.8) is 0 Å². The van der Waals surface area contributed by atoms with Crippen LogP contribution in [0.15, 0.2) is 4.42 Å². The summed E-state index contributed by atoms with van der Waals surface area (Å²) in [6.45, 7) is 1.85. The molecule has 2 fully saturated rings. The van der Waals surface area contributed by atoms with Crippen LogP contribution in [0.4, 0.5) is 0 Å². The number of rotatable bonds is 2. The van der Waals surface area contributed by atoms with Crippen LogP contribution in [0.3, 0.4) is 0 Å². The van der Waals surface area contributed by atoms with Crippen molar-refractivity contribution in [1.29, 1.82) is 0 Å². The minimum absolute atomic E-state index is 0.0323. The van der Waals surface area contributed by atoms with Gasteiger partial charge >= 0.3 is 0 Å². The van der Waals surface area contributed by atoms with Crippen LogP contribution >= 0.6 is 0 Å². The van der Waals surface area contributed by atoms with Gasteiger partial charge in [-0.25, -0.2) is 0 Å².